The van der Waals surface area contributed by atoms with Gasteiger partial charge in [-0.15, -0.1) is 0 Å². The maximum absolute atomic E-state index is 13.2. The van der Waals surface area contributed by atoms with Gasteiger partial charge in [-0.2, -0.15) is 5.10 Å². The van der Waals surface area contributed by atoms with E-state index in [4.69, 9.17) is 0 Å². The largest absolute Gasteiger partial charge is 0.342 e. The van der Waals surface area contributed by atoms with E-state index in [0.29, 0.717) is 24.6 Å². The number of piperidine rings is 2. The van der Waals surface area contributed by atoms with Gasteiger partial charge in [-0.05, 0) is 51.4 Å². The summed E-state index contributed by atoms with van der Waals surface area (Å²) in [5.74, 6) is 0.256. The van der Waals surface area contributed by atoms with E-state index in [-0.39, 0.29) is 17.7 Å². The zero-order valence-corrected chi connectivity index (χ0v) is 18.6. The zero-order valence-electron chi connectivity index (χ0n) is 18.6. The molecular weight excluding hydrogens is 390 g/mol. The Morgan fingerprint density at radius 2 is 1.94 bits per heavy atom. The SMILES string of the molecule is CN(C(=O)c1cn[nH]c1[C@H]1CCCN(C(=O)C[C@H]2CCCCN2C)C1)c1ccccc1. The molecule has 1 aromatic carbocycles. The highest BCUT2D eigenvalue weighted by Crippen LogP contribution is 2.30. The number of aromatic amines is 1. The van der Waals surface area contributed by atoms with Crippen molar-refractivity contribution in [3.8, 4) is 0 Å². The minimum absolute atomic E-state index is 0.0813. The molecule has 2 fully saturated rings. The topological polar surface area (TPSA) is 72.5 Å². The fraction of sp³-hybridized carbons (Fsp3) is 0.542. The molecule has 31 heavy (non-hydrogen) atoms. The number of nitrogens with one attached hydrogen (secondary N) is 1. The maximum atomic E-state index is 13.2. The number of hydrogen-bond acceptors (Lipinski definition) is 4. The molecule has 7 nitrogen and oxygen atoms in total. The molecular formula is C24H33N5O2. The van der Waals surface area contributed by atoms with Crippen molar-refractivity contribution < 1.29 is 9.59 Å². The molecule has 0 bridgehead atoms. The van der Waals surface area contributed by atoms with Gasteiger partial charge < -0.3 is 14.7 Å². The maximum Gasteiger partial charge on any atom is 0.261 e. The first-order valence-electron chi connectivity index (χ1n) is 11.4. The van der Waals surface area contributed by atoms with E-state index >= 15 is 0 Å². The molecule has 0 aliphatic carbocycles. The van der Waals surface area contributed by atoms with Gasteiger partial charge >= 0.3 is 0 Å². The molecule has 1 aromatic heterocycles. The fourth-order valence-electron chi connectivity index (χ4n) is 4.90. The van der Waals surface area contributed by atoms with Crippen LogP contribution in [-0.2, 0) is 4.79 Å². The standard InChI is InChI=1S/C24H33N5O2/c1-27-13-7-6-12-20(27)15-22(30)29-14-8-9-18(17-29)23-21(16-25-26-23)24(31)28(2)19-10-4-3-5-11-19/h3-5,10-11,16,18,20H,6-9,12-15,17H2,1-2H3,(H,25,26)/t18-,20+/m0/s1. The summed E-state index contributed by atoms with van der Waals surface area (Å²) in [6, 6.07) is 9.96. The Bertz CT molecular complexity index is 896. The molecule has 2 amide bonds. The predicted molar refractivity (Wildman–Crippen MR) is 121 cm³/mol. The Morgan fingerprint density at radius 3 is 2.71 bits per heavy atom. The average molecular weight is 424 g/mol. The van der Waals surface area contributed by atoms with Crippen molar-refractivity contribution in [3.63, 3.8) is 0 Å². The number of amides is 2. The highest BCUT2D eigenvalue weighted by molar-refractivity contribution is 6.06. The number of likely N-dealkylation sites (tertiary alicyclic amines) is 2. The Hall–Kier alpha value is -2.67. The summed E-state index contributed by atoms with van der Waals surface area (Å²) in [6.45, 7) is 2.52. The second kappa shape index (κ2) is 9.64. The summed E-state index contributed by atoms with van der Waals surface area (Å²) in [7, 11) is 3.91. The minimum Gasteiger partial charge on any atom is -0.342 e. The molecule has 0 saturated carbocycles. The first kappa shape index (κ1) is 21.6. The van der Waals surface area contributed by atoms with E-state index in [2.05, 4.69) is 22.1 Å². The number of carbonyl (C=O) groups excluding carboxylic acids is 2. The molecule has 0 radical (unpaired) electrons. The van der Waals surface area contributed by atoms with Crippen molar-refractivity contribution in [2.75, 3.05) is 38.6 Å². The highest BCUT2D eigenvalue weighted by Gasteiger charge is 2.31. The van der Waals surface area contributed by atoms with Gasteiger partial charge in [0.1, 0.15) is 0 Å². The van der Waals surface area contributed by atoms with Gasteiger partial charge in [0.15, 0.2) is 0 Å². The van der Waals surface area contributed by atoms with Crippen molar-refractivity contribution in [2.24, 2.45) is 0 Å². The first-order valence-corrected chi connectivity index (χ1v) is 11.4. The van der Waals surface area contributed by atoms with Crippen molar-refractivity contribution in [1.82, 2.24) is 20.0 Å². The van der Waals surface area contributed by atoms with Crippen LogP contribution >= 0.6 is 0 Å². The monoisotopic (exact) mass is 423 g/mol. The van der Waals surface area contributed by atoms with E-state index in [0.717, 1.165) is 43.7 Å². The van der Waals surface area contributed by atoms with Crippen LogP contribution in [0.2, 0.25) is 0 Å². The van der Waals surface area contributed by atoms with Crippen LogP contribution in [0.25, 0.3) is 0 Å². The third-order valence-corrected chi connectivity index (χ3v) is 6.86. The smallest absolute Gasteiger partial charge is 0.261 e. The van der Waals surface area contributed by atoms with Gasteiger partial charge in [0, 0.05) is 44.2 Å². The molecule has 2 aliphatic heterocycles. The van der Waals surface area contributed by atoms with E-state index in [1.54, 1.807) is 18.1 Å². The normalized spacial score (nSPS) is 22.3. The number of anilines is 1. The van der Waals surface area contributed by atoms with Crippen LogP contribution in [0.15, 0.2) is 36.5 Å². The summed E-state index contributed by atoms with van der Waals surface area (Å²) in [4.78, 5) is 32.2. The summed E-state index contributed by atoms with van der Waals surface area (Å²) < 4.78 is 0. The molecule has 7 heteroatoms. The van der Waals surface area contributed by atoms with Gasteiger partial charge in [-0.1, -0.05) is 24.6 Å². The van der Waals surface area contributed by atoms with E-state index < -0.39 is 0 Å². The zero-order chi connectivity index (χ0) is 21.8. The van der Waals surface area contributed by atoms with Crippen molar-refractivity contribution in [3.05, 3.63) is 47.8 Å². The van der Waals surface area contributed by atoms with Gasteiger partial charge in [0.2, 0.25) is 5.91 Å². The third-order valence-electron chi connectivity index (χ3n) is 6.86. The number of para-hydroxylation sites is 1. The number of carbonyl (C=O) groups is 2. The first-order chi connectivity index (χ1) is 15.0. The number of H-pyrrole nitrogens is 1. The summed E-state index contributed by atoms with van der Waals surface area (Å²) >= 11 is 0. The van der Waals surface area contributed by atoms with Gasteiger partial charge in [0.05, 0.1) is 17.5 Å². The highest BCUT2D eigenvalue weighted by atomic mass is 16.2. The lowest BCUT2D eigenvalue weighted by Gasteiger charge is -2.36. The summed E-state index contributed by atoms with van der Waals surface area (Å²) in [5, 5.41) is 7.25. The Labute approximate surface area is 184 Å². The summed E-state index contributed by atoms with van der Waals surface area (Å²) in [6.07, 6.45) is 7.64. The number of benzene rings is 1. The van der Waals surface area contributed by atoms with Gasteiger partial charge in [-0.25, -0.2) is 0 Å². The Balaban J connectivity index is 1.44. The molecule has 2 aliphatic rings. The minimum atomic E-state index is -0.0813. The lowest BCUT2D eigenvalue weighted by molar-refractivity contribution is -0.134. The van der Waals surface area contributed by atoms with E-state index in [1.165, 1.54) is 12.8 Å². The lowest BCUT2D eigenvalue weighted by Crippen LogP contribution is -2.44. The molecule has 3 heterocycles. The number of rotatable bonds is 5. The number of aromatic nitrogens is 2. The van der Waals surface area contributed by atoms with E-state index in [9.17, 15) is 9.59 Å². The lowest BCUT2D eigenvalue weighted by atomic mass is 9.91. The van der Waals surface area contributed by atoms with Crippen LogP contribution in [0.1, 0.15) is 60.5 Å². The quantitative estimate of drug-likeness (QED) is 0.801. The second-order valence-corrected chi connectivity index (χ2v) is 8.91. The van der Waals surface area contributed by atoms with Crippen LogP contribution in [0.5, 0.6) is 0 Å². The number of hydrogen-bond donors (Lipinski definition) is 1. The fourth-order valence-corrected chi connectivity index (χ4v) is 4.90. The molecule has 0 spiro atoms. The molecule has 2 atom stereocenters. The predicted octanol–water partition coefficient (Wildman–Crippen LogP) is 3.27. The molecule has 1 N–H and O–H groups in total. The van der Waals surface area contributed by atoms with Gasteiger partial charge in [0.25, 0.3) is 5.91 Å². The van der Waals surface area contributed by atoms with Crippen LogP contribution in [0, 0.1) is 0 Å². The Morgan fingerprint density at radius 1 is 1.13 bits per heavy atom. The van der Waals surface area contributed by atoms with Crippen LogP contribution in [0.3, 0.4) is 0 Å². The second-order valence-electron chi connectivity index (χ2n) is 8.91. The Kier molecular flexibility index (Phi) is 6.70. The molecule has 2 saturated heterocycles. The van der Waals surface area contributed by atoms with Crippen LogP contribution < -0.4 is 4.90 Å². The van der Waals surface area contributed by atoms with Crippen LogP contribution in [-0.4, -0.2) is 71.6 Å². The number of nitrogens with zero attached hydrogens (tertiary/aromatic N) is 4. The van der Waals surface area contributed by atoms with Crippen molar-refractivity contribution >= 4 is 17.5 Å². The van der Waals surface area contributed by atoms with Crippen molar-refractivity contribution in [1.29, 1.82) is 0 Å². The molecule has 166 valence electrons. The third kappa shape index (κ3) is 4.82. The average Bonchev–Trinajstić information content (AvgIpc) is 3.30. The molecule has 2 aromatic rings. The van der Waals surface area contributed by atoms with Gasteiger partial charge in [-0.3, -0.25) is 14.7 Å². The van der Waals surface area contributed by atoms with Crippen LogP contribution in [0.4, 0.5) is 5.69 Å². The van der Waals surface area contributed by atoms with Crippen molar-refractivity contribution in [2.45, 2.75) is 50.5 Å². The molecule has 4 rings (SSSR count). The van der Waals surface area contributed by atoms with E-state index in [1.807, 2.05) is 35.2 Å². The molecule has 0 unspecified atom stereocenters. The summed E-state index contributed by atoms with van der Waals surface area (Å²) in [5.41, 5.74) is 2.29.